The van der Waals surface area contributed by atoms with E-state index in [4.69, 9.17) is 0 Å². The van der Waals surface area contributed by atoms with Gasteiger partial charge in [0.05, 0.1) is 18.3 Å². The van der Waals surface area contributed by atoms with E-state index in [9.17, 15) is 18.3 Å². The number of likely N-dealkylation sites (N-methyl/N-ethyl adjacent to an activating group) is 1. The number of piperazine rings is 1. The zero-order valence-electron chi connectivity index (χ0n) is 12.5. The molecule has 5 nitrogen and oxygen atoms in total. The van der Waals surface area contributed by atoms with Gasteiger partial charge in [-0.25, -0.2) is 0 Å². The lowest BCUT2D eigenvalue weighted by Gasteiger charge is -2.40. The van der Waals surface area contributed by atoms with E-state index in [-0.39, 0.29) is 24.1 Å². The SMILES string of the molecule is CNc1cc(N2CCN(C)C[C@H]2CO)ccc1OC(F)(F)F. The van der Waals surface area contributed by atoms with Gasteiger partial charge in [0.2, 0.25) is 0 Å². The summed E-state index contributed by atoms with van der Waals surface area (Å²) in [5.41, 5.74) is 1.01. The Hall–Kier alpha value is -1.67. The zero-order chi connectivity index (χ0) is 16.3. The van der Waals surface area contributed by atoms with E-state index < -0.39 is 6.36 Å². The van der Waals surface area contributed by atoms with Crippen LogP contribution in [0.4, 0.5) is 24.5 Å². The van der Waals surface area contributed by atoms with Crippen molar-refractivity contribution in [3.8, 4) is 5.75 Å². The topological polar surface area (TPSA) is 48.0 Å². The number of benzene rings is 1. The third-order valence-corrected chi connectivity index (χ3v) is 3.69. The van der Waals surface area contributed by atoms with Crippen molar-refractivity contribution < 1.29 is 23.0 Å². The highest BCUT2D eigenvalue weighted by molar-refractivity contribution is 5.66. The maximum absolute atomic E-state index is 12.4. The van der Waals surface area contributed by atoms with Crippen LogP contribution in [0.2, 0.25) is 0 Å². The average Bonchev–Trinajstić information content (AvgIpc) is 2.46. The molecule has 1 aromatic rings. The van der Waals surface area contributed by atoms with Crippen LogP contribution in [-0.4, -0.2) is 62.7 Å². The van der Waals surface area contributed by atoms with Gasteiger partial charge >= 0.3 is 6.36 Å². The first-order valence-electron chi connectivity index (χ1n) is 6.97. The number of aliphatic hydroxyl groups excluding tert-OH is 1. The molecule has 2 N–H and O–H groups in total. The van der Waals surface area contributed by atoms with Crippen molar-refractivity contribution in [3.63, 3.8) is 0 Å². The van der Waals surface area contributed by atoms with Crippen LogP contribution in [0.1, 0.15) is 0 Å². The second kappa shape index (κ2) is 6.62. The molecule has 1 atom stereocenters. The van der Waals surface area contributed by atoms with Crippen LogP contribution in [0, 0.1) is 0 Å². The van der Waals surface area contributed by atoms with E-state index in [1.165, 1.54) is 13.1 Å². The summed E-state index contributed by atoms with van der Waals surface area (Å²) in [6.45, 7) is 2.21. The molecule has 22 heavy (non-hydrogen) atoms. The van der Waals surface area contributed by atoms with Crippen LogP contribution in [0.15, 0.2) is 18.2 Å². The average molecular weight is 319 g/mol. The summed E-state index contributed by atoms with van der Waals surface area (Å²) >= 11 is 0. The molecule has 1 heterocycles. The summed E-state index contributed by atoms with van der Waals surface area (Å²) in [5, 5.41) is 12.2. The Morgan fingerprint density at radius 2 is 2.09 bits per heavy atom. The minimum absolute atomic E-state index is 0.0139. The number of alkyl halides is 3. The van der Waals surface area contributed by atoms with Gasteiger partial charge in [-0.15, -0.1) is 13.2 Å². The van der Waals surface area contributed by atoms with Crippen LogP contribution < -0.4 is 15.0 Å². The fourth-order valence-electron chi connectivity index (χ4n) is 2.61. The number of nitrogens with zero attached hydrogens (tertiary/aromatic N) is 2. The third kappa shape index (κ3) is 3.95. The minimum atomic E-state index is -4.73. The number of anilines is 2. The summed E-state index contributed by atoms with van der Waals surface area (Å²) in [7, 11) is 3.51. The Labute approximate surface area is 127 Å². The molecule has 124 valence electrons. The van der Waals surface area contributed by atoms with E-state index in [1.54, 1.807) is 12.1 Å². The van der Waals surface area contributed by atoms with Gasteiger partial charge in [0.1, 0.15) is 0 Å². The lowest BCUT2D eigenvalue weighted by molar-refractivity contribution is -0.274. The third-order valence-electron chi connectivity index (χ3n) is 3.69. The molecule has 1 saturated heterocycles. The first-order valence-corrected chi connectivity index (χ1v) is 6.97. The molecular formula is C14H20F3N3O2. The molecule has 0 saturated carbocycles. The monoisotopic (exact) mass is 319 g/mol. The number of ether oxygens (including phenoxy) is 1. The minimum Gasteiger partial charge on any atom is -0.404 e. The summed E-state index contributed by atoms with van der Waals surface area (Å²) in [5.74, 6) is -0.270. The smallest absolute Gasteiger partial charge is 0.404 e. The van der Waals surface area contributed by atoms with Gasteiger partial charge in [-0.2, -0.15) is 0 Å². The Morgan fingerprint density at radius 3 is 2.68 bits per heavy atom. The highest BCUT2D eigenvalue weighted by Crippen LogP contribution is 2.34. The Balaban J connectivity index is 2.25. The molecule has 1 aromatic carbocycles. The van der Waals surface area contributed by atoms with Crippen molar-refractivity contribution in [2.45, 2.75) is 12.4 Å². The van der Waals surface area contributed by atoms with Crippen LogP contribution in [0.25, 0.3) is 0 Å². The van der Waals surface area contributed by atoms with Crippen molar-refractivity contribution in [3.05, 3.63) is 18.2 Å². The lowest BCUT2D eigenvalue weighted by Crippen LogP contribution is -2.53. The quantitative estimate of drug-likeness (QED) is 0.885. The van der Waals surface area contributed by atoms with Gasteiger partial charge < -0.3 is 25.0 Å². The Bertz CT molecular complexity index is 511. The normalized spacial score (nSPS) is 20.1. The predicted octanol–water partition coefficient (Wildman–Crippen LogP) is 1.74. The number of halogens is 3. The molecule has 0 aliphatic carbocycles. The standard InChI is InChI=1S/C14H20F3N3O2/c1-18-12-7-10(3-4-13(12)22-14(15,16)17)20-6-5-19(2)8-11(20)9-21/h3-4,7,11,18,21H,5-6,8-9H2,1-2H3/t11-/m0/s1. The predicted molar refractivity (Wildman–Crippen MR) is 78.4 cm³/mol. The molecule has 1 fully saturated rings. The van der Waals surface area contributed by atoms with Crippen molar-refractivity contribution in [2.75, 3.05) is 50.6 Å². The molecule has 0 bridgehead atoms. The Kier molecular flexibility index (Phi) is 5.02. The van der Waals surface area contributed by atoms with Gasteiger partial charge in [-0.3, -0.25) is 0 Å². The highest BCUT2D eigenvalue weighted by atomic mass is 19.4. The summed E-state index contributed by atoms with van der Waals surface area (Å²) in [4.78, 5) is 4.11. The largest absolute Gasteiger partial charge is 0.573 e. The van der Waals surface area contributed by atoms with E-state index in [0.29, 0.717) is 13.1 Å². The maximum Gasteiger partial charge on any atom is 0.573 e. The number of hydrogen-bond donors (Lipinski definition) is 2. The number of rotatable bonds is 4. The summed E-state index contributed by atoms with van der Waals surface area (Å²) in [6.07, 6.45) is -4.73. The van der Waals surface area contributed by atoms with E-state index >= 15 is 0 Å². The lowest BCUT2D eigenvalue weighted by atomic mass is 10.1. The molecular weight excluding hydrogens is 299 g/mol. The molecule has 2 rings (SSSR count). The van der Waals surface area contributed by atoms with E-state index in [1.807, 2.05) is 11.9 Å². The van der Waals surface area contributed by atoms with Gasteiger partial charge in [0.25, 0.3) is 0 Å². The second-order valence-corrected chi connectivity index (χ2v) is 5.27. The van der Waals surface area contributed by atoms with Gasteiger partial charge in [-0.1, -0.05) is 0 Å². The number of nitrogens with one attached hydrogen (secondary N) is 1. The molecule has 0 amide bonds. The fourth-order valence-corrected chi connectivity index (χ4v) is 2.61. The molecule has 0 aromatic heterocycles. The molecule has 1 aliphatic rings. The second-order valence-electron chi connectivity index (χ2n) is 5.27. The van der Waals surface area contributed by atoms with Crippen molar-refractivity contribution >= 4 is 11.4 Å². The molecule has 0 spiro atoms. The van der Waals surface area contributed by atoms with Gasteiger partial charge in [0.15, 0.2) is 5.75 Å². The van der Waals surface area contributed by atoms with Crippen LogP contribution in [-0.2, 0) is 0 Å². The number of hydrogen-bond acceptors (Lipinski definition) is 5. The van der Waals surface area contributed by atoms with Crippen LogP contribution in [0.3, 0.4) is 0 Å². The fraction of sp³-hybridized carbons (Fsp3) is 0.571. The van der Waals surface area contributed by atoms with Gasteiger partial charge in [-0.05, 0) is 25.2 Å². The van der Waals surface area contributed by atoms with Crippen molar-refractivity contribution in [2.24, 2.45) is 0 Å². The highest BCUT2D eigenvalue weighted by Gasteiger charge is 2.32. The zero-order valence-corrected chi connectivity index (χ0v) is 12.5. The molecule has 8 heteroatoms. The van der Waals surface area contributed by atoms with Crippen molar-refractivity contribution in [1.29, 1.82) is 0 Å². The van der Waals surface area contributed by atoms with Crippen molar-refractivity contribution in [1.82, 2.24) is 4.90 Å². The first kappa shape index (κ1) is 16.7. The molecule has 1 aliphatic heterocycles. The van der Waals surface area contributed by atoms with Gasteiger partial charge in [0, 0.05) is 32.4 Å². The van der Waals surface area contributed by atoms with Crippen LogP contribution in [0.5, 0.6) is 5.75 Å². The van der Waals surface area contributed by atoms with E-state index in [2.05, 4.69) is 15.0 Å². The number of aliphatic hydroxyl groups is 1. The molecule has 0 radical (unpaired) electrons. The maximum atomic E-state index is 12.4. The van der Waals surface area contributed by atoms with E-state index in [0.717, 1.165) is 12.2 Å². The summed E-state index contributed by atoms with van der Waals surface area (Å²) < 4.78 is 41.1. The first-order chi connectivity index (χ1) is 10.3. The molecule has 0 unspecified atom stereocenters. The Morgan fingerprint density at radius 1 is 1.36 bits per heavy atom. The summed E-state index contributed by atoms with van der Waals surface area (Å²) in [6, 6.07) is 4.39. The van der Waals surface area contributed by atoms with Crippen LogP contribution >= 0.6 is 0 Å².